The van der Waals surface area contributed by atoms with E-state index >= 15 is 0 Å². The van der Waals surface area contributed by atoms with Crippen LogP contribution in [-0.2, 0) is 11.2 Å². The van der Waals surface area contributed by atoms with Crippen LogP contribution < -0.4 is 5.73 Å². The van der Waals surface area contributed by atoms with Crippen molar-refractivity contribution >= 4 is 23.3 Å². The van der Waals surface area contributed by atoms with Crippen LogP contribution in [0.4, 0.5) is 5.69 Å². The number of nitrogen functional groups attached to an aromatic ring is 1. The quantitative estimate of drug-likeness (QED) is 0.490. The van der Waals surface area contributed by atoms with Crippen LogP contribution in [-0.4, -0.2) is 18.5 Å². The van der Waals surface area contributed by atoms with Crippen molar-refractivity contribution in [2.24, 2.45) is 0 Å². The maximum Gasteiger partial charge on any atom is 0.338 e. The van der Waals surface area contributed by atoms with E-state index in [1.807, 2.05) is 6.07 Å². The number of ether oxygens (including phenoxy) is 1. The first-order valence-electron chi connectivity index (χ1n) is 5.30. The van der Waals surface area contributed by atoms with Crippen LogP contribution in [0.25, 0.3) is 0 Å². The molecule has 0 radical (unpaired) electrons. The van der Waals surface area contributed by atoms with Gasteiger partial charge in [0.2, 0.25) is 0 Å². The topological polar surface area (TPSA) is 52.3 Å². The number of nitrogens with two attached hydrogens (primary N) is 1. The van der Waals surface area contributed by atoms with E-state index in [0.29, 0.717) is 23.7 Å². The molecule has 16 heavy (non-hydrogen) atoms. The van der Waals surface area contributed by atoms with E-state index < -0.39 is 0 Å². The van der Waals surface area contributed by atoms with Gasteiger partial charge >= 0.3 is 5.97 Å². The number of rotatable bonds is 5. The van der Waals surface area contributed by atoms with Gasteiger partial charge in [0, 0.05) is 11.6 Å². The van der Waals surface area contributed by atoms with Gasteiger partial charge < -0.3 is 10.5 Å². The summed E-state index contributed by atoms with van der Waals surface area (Å²) < 4.78 is 4.92. The van der Waals surface area contributed by atoms with Crippen molar-refractivity contribution in [2.75, 3.05) is 18.2 Å². The zero-order chi connectivity index (χ0) is 12.0. The lowest BCUT2D eigenvalue weighted by Gasteiger charge is -2.06. The third-order valence-corrected chi connectivity index (χ3v) is 2.39. The second-order valence-electron chi connectivity index (χ2n) is 3.48. The number of benzene rings is 1. The molecule has 0 unspecified atom stereocenters. The molecular formula is C12H16ClNO2. The minimum atomic E-state index is -0.332. The summed E-state index contributed by atoms with van der Waals surface area (Å²) in [7, 11) is 0. The van der Waals surface area contributed by atoms with E-state index in [9.17, 15) is 4.79 Å². The fraction of sp³-hybridized carbons (Fsp3) is 0.417. The van der Waals surface area contributed by atoms with Crippen molar-refractivity contribution in [2.45, 2.75) is 19.8 Å². The highest BCUT2D eigenvalue weighted by atomic mass is 35.5. The standard InChI is InChI=1S/C12H16ClNO2/c1-2-16-12(15)10-6-9(4-3-5-13)7-11(14)8-10/h6-8H,2-5,14H2,1H3. The summed E-state index contributed by atoms with van der Waals surface area (Å²) in [5.41, 5.74) is 7.83. The third kappa shape index (κ3) is 3.74. The first kappa shape index (κ1) is 12.8. The van der Waals surface area contributed by atoms with Gasteiger partial charge in [0.05, 0.1) is 12.2 Å². The highest BCUT2D eigenvalue weighted by Gasteiger charge is 2.08. The monoisotopic (exact) mass is 241 g/mol. The van der Waals surface area contributed by atoms with Gasteiger partial charge in [-0.25, -0.2) is 4.79 Å². The third-order valence-electron chi connectivity index (χ3n) is 2.13. The van der Waals surface area contributed by atoms with Crippen LogP contribution in [0, 0.1) is 0 Å². The van der Waals surface area contributed by atoms with Crippen LogP contribution in [0.5, 0.6) is 0 Å². The lowest BCUT2D eigenvalue weighted by Crippen LogP contribution is -2.06. The summed E-state index contributed by atoms with van der Waals surface area (Å²) in [5.74, 6) is 0.269. The molecule has 88 valence electrons. The van der Waals surface area contributed by atoms with Crippen molar-refractivity contribution in [1.82, 2.24) is 0 Å². The number of hydrogen-bond donors (Lipinski definition) is 1. The first-order valence-corrected chi connectivity index (χ1v) is 5.83. The lowest BCUT2D eigenvalue weighted by molar-refractivity contribution is 0.0526. The molecule has 4 heteroatoms. The molecule has 0 spiro atoms. The number of carbonyl (C=O) groups is 1. The van der Waals surface area contributed by atoms with Gasteiger partial charge in [-0.2, -0.15) is 0 Å². The minimum absolute atomic E-state index is 0.332. The van der Waals surface area contributed by atoms with Gasteiger partial charge in [0.25, 0.3) is 0 Å². The maximum atomic E-state index is 11.5. The normalized spacial score (nSPS) is 10.1. The Kier molecular flexibility index (Phi) is 5.12. The second-order valence-corrected chi connectivity index (χ2v) is 3.85. The summed E-state index contributed by atoms with van der Waals surface area (Å²) in [5, 5.41) is 0. The van der Waals surface area contributed by atoms with Crippen LogP contribution in [0.2, 0.25) is 0 Å². The molecule has 0 saturated heterocycles. The Morgan fingerprint density at radius 3 is 2.81 bits per heavy atom. The smallest absolute Gasteiger partial charge is 0.338 e. The van der Waals surface area contributed by atoms with Crippen LogP contribution in [0.15, 0.2) is 18.2 Å². The second kappa shape index (κ2) is 6.38. The molecule has 2 N–H and O–H groups in total. The Balaban J connectivity index is 2.84. The molecule has 0 aliphatic carbocycles. The molecule has 0 saturated carbocycles. The molecule has 3 nitrogen and oxygen atoms in total. The van der Waals surface area contributed by atoms with E-state index in [1.165, 1.54) is 0 Å². The number of carbonyl (C=O) groups excluding carboxylic acids is 1. The van der Waals surface area contributed by atoms with E-state index in [-0.39, 0.29) is 5.97 Å². The number of halogens is 1. The molecule has 0 aromatic heterocycles. The minimum Gasteiger partial charge on any atom is -0.462 e. The van der Waals surface area contributed by atoms with Crippen molar-refractivity contribution < 1.29 is 9.53 Å². The predicted molar refractivity (Wildman–Crippen MR) is 65.9 cm³/mol. The summed E-state index contributed by atoms with van der Waals surface area (Å²) in [6, 6.07) is 5.29. The Morgan fingerprint density at radius 1 is 1.44 bits per heavy atom. The van der Waals surface area contributed by atoms with Gasteiger partial charge in [-0.3, -0.25) is 0 Å². The number of aryl methyl sites for hydroxylation is 1. The molecule has 0 aliphatic rings. The summed E-state index contributed by atoms with van der Waals surface area (Å²) >= 11 is 5.62. The van der Waals surface area contributed by atoms with Gasteiger partial charge in [0.1, 0.15) is 0 Å². The lowest BCUT2D eigenvalue weighted by atomic mass is 10.1. The van der Waals surface area contributed by atoms with Crippen molar-refractivity contribution in [3.05, 3.63) is 29.3 Å². The average Bonchev–Trinajstić information content (AvgIpc) is 2.26. The highest BCUT2D eigenvalue weighted by Crippen LogP contribution is 2.15. The summed E-state index contributed by atoms with van der Waals surface area (Å²) in [6.07, 6.45) is 1.69. The molecule has 0 fully saturated rings. The Hall–Kier alpha value is -1.22. The number of esters is 1. The molecule has 0 atom stereocenters. The summed E-state index contributed by atoms with van der Waals surface area (Å²) in [6.45, 7) is 2.14. The molecule has 1 aromatic carbocycles. The van der Waals surface area contributed by atoms with Crippen LogP contribution >= 0.6 is 11.6 Å². The van der Waals surface area contributed by atoms with Crippen molar-refractivity contribution in [1.29, 1.82) is 0 Å². The predicted octanol–water partition coefficient (Wildman–Crippen LogP) is 2.62. The van der Waals surface area contributed by atoms with Gasteiger partial charge in [-0.05, 0) is 43.5 Å². The van der Waals surface area contributed by atoms with E-state index in [4.69, 9.17) is 22.1 Å². The van der Waals surface area contributed by atoms with E-state index in [1.54, 1.807) is 19.1 Å². The fourth-order valence-electron chi connectivity index (χ4n) is 1.47. The molecule has 0 heterocycles. The van der Waals surface area contributed by atoms with Gasteiger partial charge in [0.15, 0.2) is 0 Å². The SMILES string of the molecule is CCOC(=O)c1cc(N)cc(CCCCl)c1. The number of alkyl halides is 1. The fourth-order valence-corrected chi connectivity index (χ4v) is 1.60. The summed E-state index contributed by atoms with van der Waals surface area (Å²) in [4.78, 5) is 11.5. The van der Waals surface area contributed by atoms with Crippen molar-refractivity contribution in [3.8, 4) is 0 Å². The molecular weight excluding hydrogens is 226 g/mol. The van der Waals surface area contributed by atoms with Crippen LogP contribution in [0.1, 0.15) is 29.3 Å². The maximum absolute atomic E-state index is 11.5. The van der Waals surface area contributed by atoms with Crippen molar-refractivity contribution in [3.63, 3.8) is 0 Å². The molecule has 0 bridgehead atoms. The zero-order valence-electron chi connectivity index (χ0n) is 9.33. The Labute approximate surface area is 101 Å². The Bertz CT molecular complexity index is 366. The molecule has 1 rings (SSSR count). The van der Waals surface area contributed by atoms with Crippen LogP contribution in [0.3, 0.4) is 0 Å². The highest BCUT2D eigenvalue weighted by molar-refractivity contribution is 6.17. The molecule has 1 aromatic rings. The molecule has 0 amide bonds. The van der Waals surface area contributed by atoms with Gasteiger partial charge in [-0.15, -0.1) is 11.6 Å². The first-order chi connectivity index (χ1) is 7.67. The number of anilines is 1. The average molecular weight is 242 g/mol. The van der Waals surface area contributed by atoms with E-state index in [2.05, 4.69) is 0 Å². The van der Waals surface area contributed by atoms with Gasteiger partial charge in [-0.1, -0.05) is 0 Å². The van der Waals surface area contributed by atoms with E-state index in [0.717, 1.165) is 18.4 Å². The Morgan fingerprint density at radius 2 is 2.19 bits per heavy atom. The number of hydrogen-bond acceptors (Lipinski definition) is 3. The largest absolute Gasteiger partial charge is 0.462 e. The molecule has 0 aliphatic heterocycles. The zero-order valence-corrected chi connectivity index (χ0v) is 10.1.